The molecule has 64 valence electrons. The highest BCUT2D eigenvalue weighted by atomic mass is 79.9. The van der Waals surface area contributed by atoms with Crippen LogP contribution in [0.2, 0.25) is 0 Å². The third-order valence-electron chi connectivity index (χ3n) is 1.39. The molecular weight excluding hydrogens is 220 g/mol. The monoisotopic (exact) mass is 228 g/mol. The fourth-order valence-electron chi connectivity index (χ4n) is 0.816. The van der Waals surface area contributed by atoms with Gasteiger partial charge in [0.25, 0.3) is 0 Å². The molecule has 0 aliphatic rings. The molecule has 2 N–H and O–H groups in total. The number of aromatic hydroxyl groups is 1. The second-order valence-corrected chi connectivity index (χ2v) is 3.15. The molecule has 0 bridgehead atoms. The average Bonchev–Trinajstić information content (AvgIpc) is 2.07. The number of phenolic OH excluding ortho intramolecular Hbond substituents is 1. The summed E-state index contributed by atoms with van der Waals surface area (Å²) in [6.07, 6.45) is 3.42. The Kier molecular flexibility index (Phi) is 3.31. The first-order chi connectivity index (χ1) is 5.74. The molecule has 0 spiro atoms. The van der Waals surface area contributed by atoms with Gasteiger partial charge in [-0.15, -0.1) is 0 Å². The lowest BCUT2D eigenvalue weighted by Crippen LogP contribution is -1.75. The first-order valence-corrected chi connectivity index (χ1v) is 4.29. The normalized spacial score (nSPS) is 10.8. The quantitative estimate of drug-likeness (QED) is 0.815. The maximum atomic E-state index is 9.15. The van der Waals surface area contributed by atoms with Crippen molar-refractivity contribution in [2.75, 3.05) is 6.61 Å². The van der Waals surface area contributed by atoms with E-state index in [2.05, 4.69) is 15.9 Å². The summed E-state index contributed by atoms with van der Waals surface area (Å²) in [5.41, 5.74) is 0.939. The van der Waals surface area contributed by atoms with Gasteiger partial charge >= 0.3 is 0 Å². The van der Waals surface area contributed by atoms with Crippen LogP contribution in [0.15, 0.2) is 28.7 Å². The molecule has 0 heterocycles. The van der Waals surface area contributed by atoms with Crippen molar-refractivity contribution >= 4 is 22.0 Å². The minimum absolute atomic E-state index is 0.0263. The topological polar surface area (TPSA) is 40.5 Å². The van der Waals surface area contributed by atoms with Crippen LogP contribution in [0.1, 0.15) is 5.56 Å². The predicted octanol–water partition coefficient (Wildman–Crippen LogP) is 2.16. The molecule has 0 saturated heterocycles. The third-order valence-corrected chi connectivity index (χ3v) is 2.02. The van der Waals surface area contributed by atoms with Crippen molar-refractivity contribution in [3.8, 4) is 5.75 Å². The predicted molar refractivity (Wildman–Crippen MR) is 51.9 cm³/mol. The van der Waals surface area contributed by atoms with Gasteiger partial charge in [-0.3, -0.25) is 0 Å². The summed E-state index contributed by atoms with van der Waals surface area (Å²) < 4.78 is 0.655. The van der Waals surface area contributed by atoms with E-state index in [1.54, 1.807) is 30.4 Å². The van der Waals surface area contributed by atoms with E-state index in [4.69, 9.17) is 10.2 Å². The van der Waals surface area contributed by atoms with E-state index in [1.807, 2.05) is 0 Å². The Balaban J connectivity index is 2.89. The van der Waals surface area contributed by atoms with Crippen molar-refractivity contribution in [1.29, 1.82) is 0 Å². The average molecular weight is 229 g/mol. The molecule has 0 aliphatic carbocycles. The van der Waals surface area contributed by atoms with Gasteiger partial charge in [-0.05, 0) is 33.6 Å². The fourth-order valence-corrected chi connectivity index (χ4v) is 1.21. The number of aliphatic hydroxyl groups is 1. The van der Waals surface area contributed by atoms with E-state index in [0.717, 1.165) is 5.56 Å². The van der Waals surface area contributed by atoms with Crippen LogP contribution in [0.3, 0.4) is 0 Å². The van der Waals surface area contributed by atoms with Crippen LogP contribution >= 0.6 is 15.9 Å². The Morgan fingerprint density at radius 2 is 2.17 bits per heavy atom. The number of benzene rings is 1. The maximum absolute atomic E-state index is 9.15. The largest absolute Gasteiger partial charge is 0.507 e. The van der Waals surface area contributed by atoms with E-state index < -0.39 is 0 Å². The van der Waals surface area contributed by atoms with Crippen LogP contribution in [0.4, 0.5) is 0 Å². The number of phenols is 1. The minimum Gasteiger partial charge on any atom is -0.507 e. The van der Waals surface area contributed by atoms with Crippen molar-refractivity contribution in [3.63, 3.8) is 0 Å². The number of rotatable bonds is 2. The Morgan fingerprint density at radius 1 is 1.42 bits per heavy atom. The van der Waals surface area contributed by atoms with Gasteiger partial charge in [0.05, 0.1) is 11.1 Å². The maximum Gasteiger partial charge on any atom is 0.129 e. The second kappa shape index (κ2) is 4.28. The summed E-state index contributed by atoms with van der Waals surface area (Å²) in [6.45, 7) is 0.0263. The lowest BCUT2D eigenvalue weighted by Gasteiger charge is -1.97. The number of hydrogen-bond donors (Lipinski definition) is 2. The summed E-state index contributed by atoms with van der Waals surface area (Å²) in [5.74, 6) is 0.219. The Labute approximate surface area is 79.3 Å². The van der Waals surface area contributed by atoms with Gasteiger partial charge in [0.15, 0.2) is 0 Å². The molecule has 12 heavy (non-hydrogen) atoms. The van der Waals surface area contributed by atoms with Crippen molar-refractivity contribution in [3.05, 3.63) is 34.3 Å². The molecule has 0 aliphatic heterocycles. The van der Waals surface area contributed by atoms with Crippen LogP contribution < -0.4 is 0 Å². The van der Waals surface area contributed by atoms with Crippen molar-refractivity contribution in [2.24, 2.45) is 0 Å². The Hall–Kier alpha value is -0.800. The minimum atomic E-state index is 0.0263. The highest BCUT2D eigenvalue weighted by Gasteiger charge is 1.95. The number of hydrogen-bond acceptors (Lipinski definition) is 2. The zero-order valence-electron chi connectivity index (χ0n) is 6.37. The zero-order valence-corrected chi connectivity index (χ0v) is 7.95. The van der Waals surface area contributed by atoms with Crippen LogP contribution in [0, 0.1) is 0 Å². The van der Waals surface area contributed by atoms with Gasteiger partial charge < -0.3 is 10.2 Å². The highest BCUT2D eigenvalue weighted by molar-refractivity contribution is 9.10. The molecule has 0 aromatic heterocycles. The SMILES string of the molecule is OCC=Cc1ccc(O)c(Br)c1. The molecule has 0 radical (unpaired) electrons. The summed E-state index contributed by atoms with van der Waals surface area (Å²) in [7, 11) is 0. The molecule has 1 rings (SSSR count). The number of aliphatic hydroxyl groups excluding tert-OH is 1. The van der Waals surface area contributed by atoms with Gasteiger partial charge in [0.1, 0.15) is 5.75 Å². The molecule has 0 atom stereocenters. The molecule has 1 aromatic rings. The van der Waals surface area contributed by atoms with Crippen LogP contribution in [0.25, 0.3) is 6.08 Å². The number of halogens is 1. The Bertz CT molecular complexity index is 295. The molecule has 0 amide bonds. The summed E-state index contributed by atoms with van der Waals surface area (Å²) >= 11 is 3.19. The van der Waals surface area contributed by atoms with Gasteiger partial charge in [0.2, 0.25) is 0 Å². The molecule has 0 unspecified atom stereocenters. The molecular formula is C9H9BrO2. The van der Waals surface area contributed by atoms with E-state index >= 15 is 0 Å². The molecule has 0 fully saturated rings. The van der Waals surface area contributed by atoms with E-state index in [-0.39, 0.29) is 12.4 Å². The fraction of sp³-hybridized carbons (Fsp3) is 0.111. The lowest BCUT2D eigenvalue weighted by molar-refractivity contribution is 0.343. The van der Waals surface area contributed by atoms with Gasteiger partial charge in [-0.1, -0.05) is 18.2 Å². The smallest absolute Gasteiger partial charge is 0.129 e. The summed E-state index contributed by atoms with van der Waals surface area (Å²) in [6, 6.07) is 5.15. The van der Waals surface area contributed by atoms with Crippen molar-refractivity contribution in [2.45, 2.75) is 0 Å². The molecule has 3 heteroatoms. The molecule has 2 nitrogen and oxygen atoms in total. The van der Waals surface area contributed by atoms with E-state index in [1.165, 1.54) is 0 Å². The van der Waals surface area contributed by atoms with Gasteiger partial charge in [-0.2, -0.15) is 0 Å². The summed E-state index contributed by atoms with van der Waals surface area (Å²) in [5, 5.41) is 17.7. The highest BCUT2D eigenvalue weighted by Crippen LogP contribution is 2.24. The van der Waals surface area contributed by atoms with Crippen LogP contribution in [-0.4, -0.2) is 16.8 Å². The first-order valence-electron chi connectivity index (χ1n) is 3.50. The van der Waals surface area contributed by atoms with E-state index in [0.29, 0.717) is 4.47 Å². The van der Waals surface area contributed by atoms with Crippen molar-refractivity contribution in [1.82, 2.24) is 0 Å². The molecule has 0 saturated carbocycles. The third kappa shape index (κ3) is 2.36. The standard InChI is InChI=1S/C9H9BrO2/c10-8-6-7(2-1-5-11)3-4-9(8)12/h1-4,6,11-12H,5H2. The van der Waals surface area contributed by atoms with Crippen molar-refractivity contribution < 1.29 is 10.2 Å². The molecule has 1 aromatic carbocycles. The first kappa shape index (κ1) is 9.29. The Morgan fingerprint density at radius 3 is 2.75 bits per heavy atom. The van der Waals surface area contributed by atoms with E-state index in [9.17, 15) is 0 Å². The van der Waals surface area contributed by atoms with Crippen LogP contribution in [-0.2, 0) is 0 Å². The second-order valence-electron chi connectivity index (χ2n) is 2.30. The zero-order chi connectivity index (χ0) is 8.97. The lowest BCUT2D eigenvalue weighted by atomic mass is 10.2. The van der Waals surface area contributed by atoms with Crippen LogP contribution in [0.5, 0.6) is 5.75 Å². The van der Waals surface area contributed by atoms with Gasteiger partial charge in [0, 0.05) is 0 Å². The van der Waals surface area contributed by atoms with Gasteiger partial charge in [-0.25, -0.2) is 0 Å². The summed E-state index contributed by atoms with van der Waals surface area (Å²) in [4.78, 5) is 0.